The largest absolute Gasteiger partial charge is 0.314 e. The Labute approximate surface area is 145 Å². The quantitative estimate of drug-likeness (QED) is 0.841. The van der Waals surface area contributed by atoms with Gasteiger partial charge < -0.3 is 10.2 Å². The predicted molar refractivity (Wildman–Crippen MR) is 102 cm³/mol. The van der Waals surface area contributed by atoms with E-state index in [2.05, 4.69) is 68.5 Å². The Bertz CT molecular complexity index is 302. The lowest BCUT2D eigenvalue weighted by molar-refractivity contribution is 0.0624. The Kier molecular flexibility index (Phi) is 8.50. The van der Waals surface area contributed by atoms with Crippen molar-refractivity contribution in [3.63, 3.8) is 0 Å². The highest BCUT2D eigenvalue weighted by Gasteiger charge is 2.25. The van der Waals surface area contributed by atoms with Crippen LogP contribution in [0.1, 0.15) is 54.9 Å². The van der Waals surface area contributed by atoms with E-state index in [1.165, 1.54) is 52.2 Å². The summed E-state index contributed by atoms with van der Waals surface area (Å²) in [5.41, 5.74) is 0.723. The van der Waals surface area contributed by atoms with E-state index in [-0.39, 0.29) is 0 Å². The highest BCUT2D eigenvalue weighted by molar-refractivity contribution is 4.81. The van der Waals surface area contributed by atoms with Crippen LogP contribution in [0, 0.1) is 0 Å². The van der Waals surface area contributed by atoms with Gasteiger partial charge in [-0.15, -0.1) is 0 Å². The Hall–Kier alpha value is -0.160. The number of nitrogens with one attached hydrogen (secondary N) is 1. The fraction of sp³-hybridized carbons (Fsp3) is 1.00. The molecule has 0 saturated carbocycles. The molecule has 0 aromatic rings. The van der Waals surface area contributed by atoms with Gasteiger partial charge in [0.05, 0.1) is 0 Å². The van der Waals surface area contributed by atoms with E-state index in [4.69, 9.17) is 0 Å². The molecule has 4 nitrogen and oxygen atoms in total. The van der Waals surface area contributed by atoms with Crippen LogP contribution in [0.2, 0.25) is 0 Å². The third-order valence-electron chi connectivity index (χ3n) is 4.93. The second-order valence-corrected chi connectivity index (χ2v) is 8.91. The number of piperazine rings is 2. The van der Waals surface area contributed by atoms with Crippen molar-refractivity contribution < 1.29 is 0 Å². The first-order valence-corrected chi connectivity index (χ1v) is 9.58. The molecule has 138 valence electrons. The molecular formula is C19H42N4. The van der Waals surface area contributed by atoms with Crippen LogP contribution >= 0.6 is 0 Å². The van der Waals surface area contributed by atoms with Gasteiger partial charge in [0.15, 0.2) is 0 Å². The van der Waals surface area contributed by atoms with Crippen molar-refractivity contribution in [2.45, 2.75) is 66.0 Å². The molecule has 4 heteroatoms. The second kappa shape index (κ2) is 9.36. The Morgan fingerprint density at radius 2 is 1.13 bits per heavy atom. The van der Waals surface area contributed by atoms with Crippen LogP contribution in [-0.4, -0.2) is 84.7 Å². The van der Waals surface area contributed by atoms with Crippen LogP contribution in [0.15, 0.2) is 0 Å². The molecule has 0 bridgehead atoms. The number of hydrogen-bond donors (Lipinski definition) is 1. The Balaban J connectivity index is 0.000000238. The van der Waals surface area contributed by atoms with Gasteiger partial charge in [-0.1, -0.05) is 6.92 Å². The van der Waals surface area contributed by atoms with Crippen LogP contribution in [0.25, 0.3) is 0 Å². The highest BCUT2D eigenvalue weighted by atomic mass is 15.3. The van der Waals surface area contributed by atoms with Gasteiger partial charge in [-0.2, -0.15) is 0 Å². The SMILES string of the molecule is CC(C)(C)N1CCNCC1.CCCN1CCN(C(C)(C)C)CC1. The standard InChI is InChI=1S/C11H24N2.C8H18N2/c1-5-6-12-7-9-13(10-8-12)11(2,3)4;1-8(2,3)10-6-4-9-5-7-10/h5-10H2,1-4H3;9H,4-7H2,1-3H3. The van der Waals surface area contributed by atoms with E-state index >= 15 is 0 Å². The van der Waals surface area contributed by atoms with Gasteiger partial charge in [0, 0.05) is 63.4 Å². The van der Waals surface area contributed by atoms with Gasteiger partial charge in [-0.3, -0.25) is 9.80 Å². The Morgan fingerprint density at radius 3 is 1.48 bits per heavy atom. The third kappa shape index (κ3) is 7.97. The second-order valence-electron chi connectivity index (χ2n) is 8.91. The van der Waals surface area contributed by atoms with Crippen molar-refractivity contribution in [2.75, 3.05) is 58.9 Å². The molecule has 0 unspecified atom stereocenters. The molecule has 2 saturated heterocycles. The maximum Gasteiger partial charge on any atom is 0.0126 e. The number of nitrogens with zero attached hydrogens (tertiary/aromatic N) is 3. The zero-order valence-corrected chi connectivity index (χ0v) is 16.9. The summed E-state index contributed by atoms with van der Waals surface area (Å²) >= 11 is 0. The van der Waals surface area contributed by atoms with Gasteiger partial charge in [-0.05, 0) is 54.5 Å². The smallest absolute Gasteiger partial charge is 0.0126 e. The molecule has 23 heavy (non-hydrogen) atoms. The normalized spacial score (nSPS) is 22.6. The van der Waals surface area contributed by atoms with Gasteiger partial charge in [0.2, 0.25) is 0 Å². The van der Waals surface area contributed by atoms with Crippen molar-refractivity contribution in [2.24, 2.45) is 0 Å². The van der Waals surface area contributed by atoms with Crippen LogP contribution in [0.4, 0.5) is 0 Å². The van der Waals surface area contributed by atoms with E-state index in [0.29, 0.717) is 11.1 Å². The molecule has 0 radical (unpaired) electrons. The van der Waals surface area contributed by atoms with Crippen LogP contribution in [0.3, 0.4) is 0 Å². The molecule has 1 N–H and O–H groups in total. The van der Waals surface area contributed by atoms with Crippen LogP contribution in [-0.2, 0) is 0 Å². The summed E-state index contributed by atoms with van der Waals surface area (Å²) < 4.78 is 0. The minimum Gasteiger partial charge on any atom is -0.314 e. The summed E-state index contributed by atoms with van der Waals surface area (Å²) in [5, 5.41) is 3.35. The van der Waals surface area contributed by atoms with E-state index in [1.807, 2.05) is 0 Å². The molecule has 0 atom stereocenters. The summed E-state index contributed by atoms with van der Waals surface area (Å²) in [6, 6.07) is 0. The van der Waals surface area contributed by atoms with Gasteiger partial charge in [0.25, 0.3) is 0 Å². The van der Waals surface area contributed by atoms with Crippen molar-refractivity contribution >= 4 is 0 Å². The van der Waals surface area contributed by atoms with Gasteiger partial charge in [-0.25, -0.2) is 0 Å². The summed E-state index contributed by atoms with van der Waals surface area (Å²) in [7, 11) is 0. The lowest BCUT2D eigenvalue weighted by Crippen LogP contribution is -2.53. The number of rotatable bonds is 2. The monoisotopic (exact) mass is 326 g/mol. The van der Waals surface area contributed by atoms with Gasteiger partial charge >= 0.3 is 0 Å². The minimum atomic E-state index is 0.359. The van der Waals surface area contributed by atoms with Crippen molar-refractivity contribution in [1.82, 2.24) is 20.0 Å². The van der Waals surface area contributed by atoms with E-state index < -0.39 is 0 Å². The average Bonchev–Trinajstić information content (AvgIpc) is 2.48. The summed E-state index contributed by atoms with van der Waals surface area (Å²) in [5.74, 6) is 0. The van der Waals surface area contributed by atoms with E-state index in [1.54, 1.807) is 0 Å². The maximum atomic E-state index is 3.35. The molecule has 0 amide bonds. The molecule has 2 aliphatic rings. The summed E-state index contributed by atoms with van der Waals surface area (Å²) in [4.78, 5) is 7.67. The van der Waals surface area contributed by atoms with Crippen LogP contribution in [0.5, 0.6) is 0 Å². The molecule has 0 aromatic carbocycles. The summed E-state index contributed by atoms with van der Waals surface area (Å²) in [6.45, 7) is 27.0. The first kappa shape index (κ1) is 20.9. The topological polar surface area (TPSA) is 21.8 Å². The predicted octanol–water partition coefficient (Wildman–Crippen LogP) is 2.50. The fourth-order valence-corrected chi connectivity index (χ4v) is 3.29. The van der Waals surface area contributed by atoms with Gasteiger partial charge in [0.1, 0.15) is 0 Å². The molecular weight excluding hydrogens is 284 g/mol. The zero-order valence-electron chi connectivity index (χ0n) is 16.9. The van der Waals surface area contributed by atoms with E-state index in [9.17, 15) is 0 Å². The molecule has 2 heterocycles. The molecule has 0 spiro atoms. The molecule has 2 aliphatic heterocycles. The lowest BCUT2D eigenvalue weighted by Gasteiger charge is -2.42. The maximum absolute atomic E-state index is 3.35. The third-order valence-corrected chi connectivity index (χ3v) is 4.93. The van der Waals surface area contributed by atoms with Crippen LogP contribution < -0.4 is 5.32 Å². The number of hydrogen-bond acceptors (Lipinski definition) is 4. The first-order chi connectivity index (χ1) is 10.6. The summed E-state index contributed by atoms with van der Waals surface area (Å²) in [6.07, 6.45) is 1.29. The highest BCUT2D eigenvalue weighted by Crippen LogP contribution is 2.15. The lowest BCUT2D eigenvalue weighted by atomic mass is 10.1. The Morgan fingerprint density at radius 1 is 0.696 bits per heavy atom. The fourth-order valence-electron chi connectivity index (χ4n) is 3.29. The minimum absolute atomic E-state index is 0.359. The van der Waals surface area contributed by atoms with Crippen molar-refractivity contribution in [3.8, 4) is 0 Å². The molecule has 2 fully saturated rings. The first-order valence-electron chi connectivity index (χ1n) is 9.58. The average molecular weight is 327 g/mol. The molecule has 0 aromatic heterocycles. The van der Waals surface area contributed by atoms with E-state index in [0.717, 1.165) is 13.1 Å². The molecule has 2 rings (SSSR count). The molecule has 0 aliphatic carbocycles. The van der Waals surface area contributed by atoms with Crippen molar-refractivity contribution in [1.29, 1.82) is 0 Å². The van der Waals surface area contributed by atoms with Crippen molar-refractivity contribution in [3.05, 3.63) is 0 Å². The zero-order chi connectivity index (χ0) is 17.5.